The Kier molecular flexibility index (Phi) is 6.26. The predicted molar refractivity (Wildman–Crippen MR) is 80.3 cm³/mol. The Morgan fingerprint density at radius 1 is 1.50 bits per heavy atom. The van der Waals surface area contributed by atoms with Gasteiger partial charge in [-0.3, -0.25) is 0 Å². The normalized spacial score (nSPS) is 13.7. The van der Waals surface area contributed by atoms with Crippen molar-refractivity contribution in [1.29, 1.82) is 0 Å². The highest BCUT2D eigenvalue weighted by molar-refractivity contribution is 6.31. The second-order valence-electron chi connectivity index (χ2n) is 5.01. The molecule has 0 aliphatic carbocycles. The Balaban J connectivity index is 2.67. The maximum Gasteiger partial charge on any atom is 0.319 e. The first-order chi connectivity index (χ1) is 9.40. The molecule has 1 unspecified atom stereocenters. The molecule has 0 aliphatic heterocycles. The minimum Gasteiger partial charge on any atom is -0.396 e. The van der Waals surface area contributed by atoms with Gasteiger partial charge in [0.15, 0.2) is 0 Å². The molecule has 6 heteroatoms. The summed E-state index contributed by atoms with van der Waals surface area (Å²) in [6.45, 7) is 3.99. The standard InChI is InChI=1S/C14H21ClN2O3/c1-10-4-5-11(8-12(10)15)16-13(19)17-14(2,6-7-18)9-20-3/h4-5,8,18H,6-7,9H2,1-3H3,(H2,16,17,19). The molecule has 3 N–H and O–H groups in total. The number of aryl methyl sites for hydroxylation is 1. The summed E-state index contributed by atoms with van der Waals surface area (Å²) in [6, 6.07) is 4.94. The molecule has 20 heavy (non-hydrogen) atoms. The van der Waals surface area contributed by atoms with Crippen LogP contribution in [0.1, 0.15) is 18.9 Å². The van der Waals surface area contributed by atoms with Crippen molar-refractivity contribution >= 4 is 23.3 Å². The van der Waals surface area contributed by atoms with E-state index in [4.69, 9.17) is 21.4 Å². The van der Waals surface area contributed by atoms with E-state index in [1.54, 1.807) is 19.2 Å². The second-order valence-corrected chi connectivity index (χ2v) is 5.42. The molecule has 0 saturated carbocycles. The molecule has 0 heterocycles. The summed E-state index contributed by atoms with van der Waals surface area (Å²) in [5.41, 5.74) is 0.936. The minimum absolute atomic E-state index is 0.0313. The summed E-state index contributed by atoms with van der Waals surface area (Å²) in [4.78, 5) is 12.0. The van der Waals surface area contributed by atoms with Crippen molar-refractivity contribution in [3.8, 4) is 0 Å². The monoisotopic (exact) mass is 300 g/mol. The van der Waals surface area contributed by atoms with E-state index < -0.39 is 5.54 Å². The molecule has 1 rings (SSSR count). The van der Waals surface area contributed by atoms with Gasteiger partial charge in [0.2, 0.25) is 0 Å². The fourth-order valence-electron chi connectivity index (χ4n) is 1.84. The van der Waals surface area contributed by atoms with Gasteiger partial charge in [-0.25, -0.2) is 4.79 Å². The molecule has 1 atom stereocenters. The number of rotatable bonds is 6. The van der Waals surface area contributed by atoms with Gasteiger partial charge in [-0.2, -0.15) is 0 Å². The van der Waals surface area contributed by atoms with Crippen molar-refractivity contribution < 1.29 is 14.6 Å². The van der Waals surface area contributed by atoms with Crippen LogP contribution in [0.4, 0.5) is 10.5 Å². The van der Waals surface area contributed by atoms with Gasteiger partial charge in [-0.1, -0.05) is 17.7 Å². The van der Waals surface area contributed by atoms with Crippen molar-refractivity contribution in [2.45, 2.75) is 25.8 Å². The van der Waals surface area contributed by atoms with Gasteiger partial charge >= 0.3 is 6.03 Å². The van der Waals surface area contributed by atoms with Gasteiger partial charge in [0.05, 0.1) is 12.1 Å². The van der Waals surface area contributed by atoms with E-state index in [0.29, 0.717) is 23.7 Å². The molecule has 0 aromatic heterocycles. The molecule has 0 aliphatic rings. The number of anilines is 1. The van der Waals surface area contributed by atoms with E-state index in [1.165, 1.54) is 0 Å². The number of methoxy groups -OCH3 is 1. The summed E-state index contributed by atoms with van der Waals surface area (Å²) in [7, 11) is 1.55. The van der Waals surface area contributed by atoms with Gasteiger partial charge in [0, 0.05) is 24.4 Å². The third-order valence-electron chi connectivity index (χ3n) is 2.97. The maximum atomic E-state index is 12.0. The fraction of sp³-hybridized carbons (Fsp3) is 0.500. The number of carbonyl (C=O) groups is 1. The zero-order valence-corrected chi connectivity index (χ0v) is 12.8. The van der Waals surface area contributed by atoms with E-state index >= 15 is 0 Å². The smallest absolute Gasteiger partial charge is 0.319 e. The molecule has 112 valence electrons. The molecule has 1 aromatic rings. The summed E-state index contributed by atoms with van der Waals surface area (Å²) in [5.74, 6) is 0. The first kappa shape index (κ1) is 16.8. The van der Waals surface area contributed by atoms with E-state index in [-0.39, 0.29) is 12.6 Å². The molecule has 0 spiro atoms. The van der Waals surface area contributed by atoms with Crippen molar-refractivity contribution in [2.75, 3.05) is 25.6 Å². The lowest BCUT2D eigenvalue weighted by atomic mass is 10.00. The Bertz CT molecular complexity index is 460. The molecule has 0 bridgehead atoms. The van der Waals surface area contributed by atoms with E-state index in [1.807, 2.05) is 19.9 Å². The van der Waals surface area contributed by atoms with Crippen molar-refractivity contribution in [3.05, 3.63) is 28.8 Å². The molecule has 0 radical (unpaired) electrons. The van der Waals surface area contributed by atoms with Crippen LogP contribution in [0.3, 0.4) is 0 Å². The highest BCUT2D eigenvalue weighted by Crippen LogP contribution is 2.20. The van der Waals surface area contributed by atoms with Crippen molar-refractivity contribution in [2.24, 2.45) is 0 Å². The lowest BCUT2D eigenvalue weighted by Crippen LogP contribution is -2.51. The molecule has 5 nitrogen and oxygen atoms in total. The average Bonchev–Trinajstić information content (AvgIpc) is 2.34. The number of urea groups is 1. The largest absolute Gasteiger partial charge is 0.396 e. The van der Waals surface area contributed by atoms with Crippen LogP contribution in [0, 0.1) is 6.92 Å². The second kappa shape index (κ2) is 7.47. The van der Waals surface area contributed by atoms with Gasteiger partial charge in [0.25, 0.3) is 0 Å². The number of nitrogens with one attached hydrogen (secondary N) is 2. The number of hydrogen-bond donors (Lipinski definition) is 3. The zero-order valence-electron chi connectivity index (χ0n) is 12.0. The average molecular weight is 301 g/mol. The van der Waals surface area contributed by atoms with E-state index in [9.17, 15) is 4.79 Å². The summed E-state index contributed by atoms with van der Waals surface area (Å²) in [5, 5.41) is 15.2. The highest BCUT2D eigenvalue weighted by atomic mass is 35.5. The third kappa shape index (κ3) is 5.00. The topological polar surface area (TPSA) is 70.6 Å². The number of halogens is 1. The number of carbonyl (C=O) groups excluding carboxylic acids is 1. The summed E-state index contributed by atoms with van der Waals surface area (Å²) in [6.07, 6.45) is 0.406. The number of aliphatic hydroxyl groups excluding tert-OH is 1. The number of hydrogen-bond acceptors (Lipinski definition) is 3. The van der Waals surface area contributed by atoms with Crippen LogP contribution in [0.5, 0.6) is 0 Å². The van der Waals surface area contributed by atoms with Crippen LogP contribution in [-0.4, -0.2) is 37.0 Å². The first-order valence-electron chi connectivity index (χ1n) is 6.35. The molecule has 2 amide bonds. The number of amides is 2. The Hall–Kier alpha value is -1.30. The highest BCUT2D eigenvalue weighted by Gasteiger charge is 2.25. The third-order valence-corrected chi connectivity index (χ3v) is 3.38. The van der Waals surface area contributed by atoms with Gasteiger partial charge < -0.3 is 20.5 Å². The summed E-state index contributed by atoms with van der Waals surface area (Å²) < 4.78 is 5.07. The maximum absolute atomic E-state index is 12.0. The predicted octanol–water partition coefficient (Wildman–Crippen LogP) is 2.56. The van der Waals surface area contributed by atoms with Gasteiger partial charge in [-0.15, -0.1) is 0 Å². The van der Waals surface area contributed by atoms with E-state index in [0.717, 1.165) is 5.56 Å². The van der Waals surface area contributed by atoms with Crippen molar-refractivity contribution in [1.82, 2.24) is 5.32 Å². The van der Waals surface area contributed by atoms with Crippen LogP contribution in [-0.2, 0) is 4.74 Å². The van der Waals surface area contributed by atoms with Gasteiger partial charge in [-0.05, 0) is 38.0 Å². The molecular weight excluding hydrogens is 280 g/mol. The zero-order chi connectivity index (χ0) is 15.2. The summed E-state index contributed by atoms with van der Waals surface area (Å²) >= 11 is 6.01. The molecular formula is C14H21ClN2O3. The van der Waals surface area contributed by atoms with Gasteiger partial charge in [0.1, 0.15) is 0 Å². The van der Waals surface area contributed by atoms with Crippen molar-refractivity contribution in [3.63, 3.8) is 0 Å². The quantitative estimate of drug-likeness (QED) is 0.756. The molecule has 1 aromatic carbocycles. The Morgan fingerprint density at radius 3 is 2.75 bits per heavy atom. The first-order valence-corrected chi connectivity index (χ1v) is 6.73. The minimum atomic E-state index is -0.623. The lowest BCUT2D eigenvalue weighted by molar-refractivity contribution is 0.104. The Labute approximate surface area is 124 Å². The molecule has 0 saturated heterocycles. The van der Waals surface area contributed by atoms with Crippen LogP contribution in [0.25, 0.3) is 0 Å². The number of aliphatic hydroxyl groups is 1. The number of ether oxygens (including phenoxy) is 1. The Morgan fingerprint density at radius 2 is 2.20 bits per heavy atom. The fourth-order valence-corrected chi connectivity index (χ4v) is 2.02. The number of benzene rings is 1. The SMILES string of the molecule is COCC(C)(CCO)NC(=O)Nc1ccc(C)c(Cl)c1. The molecule has 0 fully saturated rings. The van der Waals surface area contributed by atoms with Crippen LogP contribution in [0.15, 0.2) is 18.2 Å². The lowest BCUT2D eigenvalue weighted by Gasteiger charge is -2.29. The van der Waals surface area contributed by atoms with Crippen LogP contribution in [0.2, 0.25) is 5.02 Å². The van der Waals surface area contributed by atoms with E-state index in [2.05, 4.69) is 10.6 Å². The van der Waals surface area contributed by atoms with Crippen LogP contribution < -0.4 is 10.6 Å². The van der Waals surface area contributed by atoms with Crippen LogP contribution >= 0.6 is 11.6 Å².